The summed E-state index contributed by atoms with van der Waals surface area (Å²) >= 11 is 5.88. The van der Waals surface area contributed by atoms with Crippen LogP contribution in [-0.4, -0.2) is 110 Å². The van der Waals surface area contributed by atoms with Crippen molar-refractivity contribution in [3.05, 3.63) is 0 Å². The van der Waals surface area contributed by atoms with Gasteiger partial charge in [-0.05, 0) is 40.5 Å². The molecular formula is C30H38ClF13O12. The molecule has 0 aromatic carbocycles. The van der Waals surface area contributed by atoms with Crippen LogP contribution in [0.25, 0.3) is 0 Å². The fraction of sp³-hybridized carbons (Fsp3) is 0.800. The first-order valence-electron chi connectivity index (χ1n) is 15.8. The highest BCUT2D eigenvalue weighted by Gasteiger charge is 2.60. The van der Waals surface area contributed by atoms with Gasteiger partial charge >= 0.3 is 60.5 Å². The monoisotopic (exact) mass is 872 g/mol. The molecule has 328 valence electrons. The van der Waals surface area contributed by atoms with Gasteiger partial charge in [0.05, 0.1) is 19.8 Å². The maximum Gasteiger partial charge on any atom is 0.434 e. The van der Waals surface area contributed by atoms with Gasteiger partial charge in [0.25, 0.3) is 6.10 Å². The smallest absolute Gasteiger partial charge is 0.434 e. The Morgan fingerprint density at radius 1 is 0.554 bits per heavy atom. The Morgan fingerprint density at radius 3 is 1.34 bits per heavy atom. The van der Waals surface area contributed by atoms with Gasteiger partial charge in [0.15, 0.2) is 24.5 Å². The lowest BCUT2D eigenvalue weighted by atomic mass is 10.1. The Kier molecular flexibility index (Phi) is 21.5. The Balaban J connectivity index is 0. The molecule has 0 spiro atoms. The Morgan fingerprint density at radius 2 is 0.964 bits per heavy atom. The number of alkyl halides is 14. The van der Waals surface area contributed by atoms with Gasteiger partial charge in [-0.2, -0.15) is 52.7 Å². The van der Waals surface area contributed by atoms with Crippen molar-refractivity contribution >= 4 is 47.4 Å². The van der Waals surface area contributed by atoms with Crippen molar-refractivity contribution in [2.24, 2.45) is 11.8 Å². The van der Waals surface area contributed by atoms with Crippen molar-refractivity contribution in [2.45, 2.75) is 115 Å². The average molecular weight is 873 g/mol. The number of hydrogen-bond acceptors (Lipinski definition) is 12. The second kappa shape index (κ2) is 22.2. The molecule has 5 unspecified atom stereocenters. The van der Waals surface area contributed by atoms with Gasteiger partial charge in [0.1, 0.15) is 4.87 Å². The van der Waals surface area contributed by atoms with Gasteiger partial charge in [-0.3, -0.25) is 24.0 Å². The summed E-state index contributed by atoms with van der Waals surface area (Å²) in [6, 6.07) is 0. The number of rotatable bonds is 18. The molecule has 0 N–H and O–H groups in total. The molecule has 0 fully saturated rings. The number of carbonyl (C=O) groups is 6. The minimum Gasteiger partial charge on any atom is -0.465 e. The zero-order valence-electron chi connectivity index (χ0n) is 30.2. The molecular weight excluding hydrogens is 835 g/mol. The molecule has 0 saturated heterocycles. The first kappa shape index (κ1) is 54.3. The molecule has 0 aromatic heterocycles. The SMILES string of the molecule is CCC(C)(F)C(=O)OCCC(C(=O)OC(C)C(F)(F)F)C(=O)OC(C(F)(F)F)C(F)(F)F.CCOC(=O)C(CCOC(=O)C(C)(Cl)CC)C(=O)OCC(F)(F)F. The van der Waals surface area contributed by atoms with Crippen LogP contribution in [0.15, 0.2) is 0 Å². The molecule has 12 nitrogen and oxygen atoms in total. The number of carbonyl (C=O) groups excluding carboxylic acids is 6. The van der Waals surface area contributed by atoms with E-state index in [0.717, 1.165) is 6.92 Å². The Labute approximate surface area is 314 Å². The minimum atomic E-state index is -6.18. The first-order chi connectivity index (χ1) is 25.1. The molecule has 56 heavy (non-hydrogen) atoms. The van der Waals surface area contributed by atoms with Crippen LogP contribution < -0.4 is 0 Å². The van der Waals surface area contributed by atoms with Crippen molar-refractivity contribution in [3.63, 3.8) is 0 Å². The number of esters is 6. The molecule has 0 saturated carbocycles. The molecule has 0 rings (SSSR count). The van der Waals surface area contributed by atoms with E-state index < -0.39 is 128 Å². The van der Waals surface area contributed by atoms with Crippen molar-refractivity contribution in [3.8, 4) is 0 Å². The van der Waals surface area contributed by atoms with Gasteiger partial charge in [-0.1, -0.05) is 13.8 Å². The van der Waals surface area contributed by atoms with Crippen LogP contribution in [0.1, 0.15) is 67.2 Å². The molecule has 0 amide bonds. The highest BCUT2D eigenvalue weighted by atomic mass is 35.5. The second-order valence-electron chi connectivity index (χ2n) is 11.6. The summed E-state index contributed by atoms with van der Waals surface area (Å²) in [5.74, 6) is -13.9. The molecule has 0 aliphatic carbocycles. The van der Waals surface area contributed by atoms with Crippen molar-refractivity contribution in [2.75, 3.05) is 26.4 Å². The summed E-state index contributed by atoms with van der Waals surface area (Å²) in [5, 5.41) is 0. The molecule has 0 radical (unpaired) electrons. The van der Waals surface area contributed by atoms with Crippen LogP contribution in [0.4, 0.5) is 57.1 Å². The summed E-state index contributed by atoms with van der Waals surface area (Å²) in [5.41, 5.74) is -2.57. The predicted molar refractivity (Wildman–Crippen MR) is 160 cm³/mol. The second-order valence-corrected chi connectivity index (χ2v) is 12.4. The zero-order valence-corrected chi connectivity index (χ0v) is 30.9. The number of halogens is 14. The highest BCUT2D eigenvalue weighted by molar-refractivity contribution is 6.33. The van der Waals surface area contributed by atoms with E-state index in [-0.39, 0.29) is 26.4 Å². The predicted octanol–water partition coefficient (Wildman–Crippen LogP) is 6.82. The summed E-state index contributed by atoms with van der Waals surface area (Å²) in [6.07, 6.45) is -31.6. The van der Waals surface area contributed by atoms with Crippen molar-refractivity contribution in [1.29, 1.82) is 0 Å². The largest absolute Gasteiger partial charge is 0.465 e. The van der Waals surface area contributed by atoms with Crippen molar-refractivity contribution in [1.82, 2.24) is 0 Å². The Hall–Kier alpha value is -3.80. The van der Waals surface area contributed by atoms with Crippen molar-refractivity contribution < 1.29 is 114 Å². The fourth-order valence-corrected chi connectivity index (χ4v) is 3.18. The van der Waals surface area contributed by atoms with Crippen LogP contribution in [0.2, 0.25) is 0 Å². The number of hydrogen-bond donors (Lipinski definition) is 0. The molecule has 26 heteroatoms. The van der Waals surface area contributed by atoms with Gasteiger partial charge in [0.2, 0.25) is 5.67 Å². The maximum atomic E-state index is 13.8. The fourth-order valence-electron chi connectivity index (χ4n) is 3.13. The van der Waals surface area contributed by atoms with E-state index >= 15 is 0 Å². The third-order valence-corrected chi connectivity index (χ3v) is 7.27. The third-order valence-electron chi connectivity index (χ3n) is 6.84. The van der Waals surface area contributed by atoms with Crippen LogP contribution >= 0.6 is 11.6 Å². The molecule has 0 aliphatic heterocycles. The molecule has 0 aromatic rings. The summed E-state index contributed by atoms with van der Waals surface area (Å²) in [7, 11) is 0. The van der Waals surface area contributed by atoms with E-state index in [4.69, 9.17) is 16.3 Å². The van der Waals surface area contributed by atoms with Crippen LogP contribution in [-0.2, 0) is 57.2 Å². The maximum absolute atomic E-state index is 13.8. The lowest BCUT2D eigenvalue weighted by Crippen LogP contribution is -2.47. The van der Waals surface area contributed by atoms with E-state index in [2.05, 4.69) is 23.7 Å². The topological polar surface area (TPSA) is 158 Å². The van der Waals surface area contributed by atoms with E-state index in [1.54, 1.807) is 6.92 Å². The third kappa shape index (κ3) is 20.4. The summed E-state index contributed by atoms with van der Waals surface area (Å²) in [4.78, 5) is 68.9. The zero-order chi connectivity index (χ0) is 44.7. The van der Waals surface area contributed by atoms with E-state index in [1.807, 2.05) is 0 Å². The number of ether oxygens (including phenoxy) is 6. The first-order valence-corrected chi connectivity index (χ1v) is 16.2. The quantitative estimate of drug-likeness (QED) is 0.0467. The lowest BCUT2D eigenvalue weighted by molar-refractivity contribution is -0.314. The van der Waals surface area contributed by atoms with Crippen LogP contribution in [0.3, 0.4) is 0 Å². The molecule has 0 aliphatic rings. The highest BCUT2D eigenvalue weighted by Crippen LogP contribution is 2.36. The minimum absolute atomic E-state index is 0.0722. The molecule has 5 atom stereocenters. The van der Waals surface area contributed by atoms with E-state index in [1.165, 1.54) is 20.8 Å². The molecule has 0 bridgehead atoms. The summed E-state index contributed by atoms with van der Waals surface area (Å²) < 4.78 is 188. The average Bonchev–Trinajstić information content (AvgIpc) is 3.04. The Bertz CT molecular complexity index is 1300. The van der Waals surface area contributed by atoms with E-state index in [9.17, 15) is 85.8 Å². The van der Waals surface area contributed by atoms with Gasteiger partial charge < -0.3 is 28.4 Å². The summed E-state index contributed by atoms with van der Waals surface area (Å²) in [6.45, 7) is 3.36. The van der Waals surface area contributed by atoms with Crippen LogP contribution in [0.5, 0.6) is 0 Å². The van der Waals surface area contributed by atoms with Gasteiger partial charge in [0, 0.05) is 12.8 Å². The lowest BCUT2D eigenvalue weighted by Gasteiger charge is -2.25. The molecule has 0 heterocycles. The van der Waals surface area contributed by atoms with Crippen LogP contribution in [0, 0.1) is 11.8 Å². The standard InChI is InChI=1S/C16H18F10O6.C14H20ClF3O6/c1-4-13(3,17)12(29)30-6-5-8(9(27)31-7(2)14(18,19)20)10(28)32-11(15(21,22)23)16(24,25)26;1-4-13(3,15)12(21)23-7-6-9(10(19)22-5-2)11(20)24-8-14(16,17)18/h7-8,11H,4-6H2,1-3H3;9H,4-8H2,1-3H3. The van der Waals surface area contributed by atoms with Gasteiger partial charge in [-0.15, -0.1) is 11.6 Å². The van der Waals surface area contributed by atoms with Gasteiger partial charge in [-0.25, -0.2) is 9.18 Å². The van der Waals surface area contributed by atoms with E-state index in [0.29, 0.717) is 0 Å². The normalized spacial score (nSPS) is 16.0.